The van der Waals surface area contributed by atoms with Gasteiger partial charge in [0, 0.05) is 17.2 Å². The number of thiazole rings is 1. The van der Waals surface area contributed by atoms with E-state index in [0.29, 0.717) is 15.2 Å². The Morgan fingerprint density at radius 2 is 2.03 bits per heavy atom. The van der Waals surface area contributed by atoms with E-state index in [1.807, 2.05) is 0 Å². The average molecular weight is 470 g/mol. The first-order chi connectivity index (χ1) is 14.2. The van der Waals surface area contributed by atoms with Crippen molar-refractivity contribution >= 4 is 67.5 Å². The maximum Gasteiger partial charge on any atom is 0.347 e. The Kier molecular flexibility index (Phi) is 6.70. The van der Waals surface area contributed by atoms with Crippen LogP contribution in [0.4, 0.5) is 10.8 Å². The number of nitrogens with one attached hydrogen (secondary N) is 1. The highest BCUT2D eigenvalue weighted by molar-refractivity contribution is 7.22. The summed E-state index contributed by atoms with van der Waals surface area (Å²) in [5.74, 6) is -1.14. The molecule has 0 spiro atoms. The summed E-state index contributed by atoms with van der Waals surface area (Å²) >= 11 is 12.9. The van der Waals surface area contributed by atoms with Crippen molar-refractivity contribution in [2.75, 3.05) is 11.9 Å². The molecule has 9 nitrogen and oxygen atoms in total. The van der Waals surface area contributed by atoms with Gasteiger partial charge in [0.2, 0.25) is 0 Å². The third-order valence-corrected chi connectivity index (χ3v) is 5.17. The summed E-state index contributed by atoms with van der Waals surface area (Å²) in [5.41, 5.74) is 0.424. The van der Waals surface area contributed by atoms with E-state index < -0.39 is 29.5 Å². The standard InChI is InChI=1S/C18H13Cl2N3O6S/c1-9(29-14-5-2-10(19)6-12(14)20)17(25)28-8-16(24)22-18-21-13-4-3-11(23(26)27)7-15(13)30-18/h2-7,9H,8H2,1H3,(H,21,22,24). The van der Waals surface area contributed by atoms with Gasteiger partial charge in [-0.05, 0) is 31.2 Å². The monoisotopic (exact) mass is 469 g/mol. The maximum absolute atomic E-state index is 12.1. The molecule has 156 valence electrons. The van der Waals surface area contributed by atoms with Crippen LogP contribution in [0.2, 0.25) is 10.0 Å². The molecule has 1 aromatic heterocycles. The summed E-state index contributed by atoms with van der Waals surface area (Å²) in [6.45, 7) is 0.891. The SMILES string of the molecule is CC(Oc1ccc(Cl)cc1Cl)C(=O)OCC(=O)Nc1nc2ccc([N+](=O)[O-])cc2s1. The van der Waals surface area contributed by atoms with Crippen LogP contribution in [-0.4, -0.2) is 34.5 Å². The van der Waals surface area contributed by atoms with E-state index in [1.165, 1.54) is 37.3 Å². The summed E-state index contributed by atoms with van der Waals surface area (Å²) in [6, 6.07) is 8.71. The van der Waals surface area contributed by atoms with Crippen LogP contribution in [0.3, 0.4) is 0 Å². The number of amides is 1. The molecule has 0 radical (unpaired) electrons. The molecule has 1 unspecified atom stereocenters. The van der Waals surface area contributed by atoms with Gasteiger partial charge in [-0.1, -0.05) is 34.5 Å². The number of nitrogens with zero attached hydrogens (tertiary/aromatic N) is 2. The first-order valence-corrected chi connectivity index (χ1v) is 9.93. The Balaban J connectivity index is 1.54. The normalized spacial score (nSPS) is 11.7. The van der Waals surface area contributed by atoms with Crippen molar-refractivity contribution in [3.8, 4) is 5.75 Å². The number of fused-ring (bicyclic) bond motifs is 1. The van der Waals surface area contributed by atoms with Crippen molar-refractivity contribution in [1.29, 1.82) is 0 Å². The molecular formula is C18H13Cl2N3O6S. The first kappa shape index (κ1) is 21.8. The molecule has 0 aliphatic rings. The number of esters is 1. The number of anilines is 1. The first-order valence-electron chi connectivity index (χ1n) is 8.36. The van der Waals surface area contributed by atoms with Crippen LogP contribution in [0.5, 0.6) is 5.75 Å². The number of benzene rings is 2. The number of carbonyl (C=O) groups is 2. The minimum atomic E-state index is -1.01. The lowest BCUT2D eigenvalue weighted by Crippen LogP contribution is -2.29. The smallest absolute Gasteiger partial charge is 0.347 e. The Morgan fingerprint density at radius 1 is 1.27 bits per heavy atom. The van der Waals surface area contributed by atoms with Crippen LogP contribution < -0.4 is 10.1 Å². The zero-order valence-corrected chi connectivity index (χ0v) is 17.6. The average Bonchev–Trinajstić information content (AvgIpc) is 3.09. The fraction of sp³-hybridized carbons (Fsp3) is 0.167. The molecule has 1 atom stereocenters. The van der Waals surface area contributed by atoms with E-state index in [9.17, 15) is 19.7 Å². The van der Waals surface area contributed by atoms with Crippen LogP contribution in [0, 0.1) is 10.1 Å². The number of nitro groups is 1. The second kappa shape index (κ2) is 9.24. The van der Waals surface area contributed by atoms with Crippen molar-refractivity contribution in [1.82, 2.24) is 4.98 Å². The molecule has 1 amide bonds. The van der Waals surface area contributed by atoms with Gasteiger partial charge in [0.1, 0.15) is 5.75 Å². The molecule has 1 heterocycles. The number of rotatable bonds is 7. The number of carbonyl (C=O) groups excluding carboxylic acids is 2. The molecular weight excluding hydrogens is 457 g/mol. The van der Waals surface area contributed by atoms with Crippen LogP contribution in [0.15, 0.2) is 36.4 Å². The number of hydrogen-bond acceptors (Lipinski definition) is 8. The third-order valence-electron chi connectivity index (χ3n) is 3.70. The van der Waals surface area contributed by atoms with Crippen LogP contribution in [0.25, 0.3) is 10.2 Å². The number of hydrogen-bond donors (Lipinski definition) is 1. The van der Waals surface area contributed by atoms with E-state index in [2.05, 4.69) is 10.3 Å². The van der Waals surface area contributed by atoms with Crippen LogP contribution in [-0.2, 0) is 14.3 Å². The Hall–Kier alpha value is -2.95. The predicted octanol–water partition coefficient (Wildman–Crippen LogP) is 4.46. The van der Waals surface area contributed by atoms with Gasteiger partial charge < -0.3 is 9.47 Å². The predicted molar refractivity (Wildman–Crippen MR) is 112 cm³/mol. The highest BCUT2D eigenvalue weighted by atomic mass is 35.5. The lowest BCUT2D eigenvalue weighted by Gasteiger charge is -2.14. The van der Waals surface area contributed by atoms with Crippen molar-refractivity contribution in [2.45, 2.75) is 13.0 Å². The maximum atomic E-state index is 12.1. The number of non-ortho nitro benzene ring substituents is 1. The minimum absolute atomic E-state index is 0.0762. The van der Waals surface area contributed by atoms with Gasteiger partial charge in [0.05, 0.1) is 20.2 Å². The summed E-state index contributed by atoms with van der Waals surface area (Å²) in [5, 5.41) is 14.2. The number of halogens is 2. The van der Waals surface area contributed by atoms with Gasteiger partial charge in [-0.2, -0.15) is 0 Å². The highest BCUT2D eigenvalue weighted by Gasteiger charge is 2.20. The molecule has 0 fully saturated rings. The molecule has 30 heavy (non-hydrogen) atoms. The molecule has 3 rings (SSSR count). The van der Waals surface area contributed by atoms with Gasteiger partial charge in [-0.3, -0.25) is 20.2 Å². The zero-order valence-electron chi connectivity index (χ0n) is 15.3. The molecule has 0 saturated heterocycles. The van der Waals surface area contributed by atoms with E-state index in [0.717, 1.165) is 11.3 Å². The summed E-state index contributed by atoms with van der Waals surface area (Å²) in [6.07, 6.45) is -1.01. The molecule has 12 heteroatoms. The van der Waals surface area contributed by atoms with Crippen molar-refractivity contribution in [2.24, 2.45) is 0 Å². The second-order valence-electron chi connectivity index (χ2n) is 5.92. The topological polar surface area (TPSA) is 121 Å². The van der Waals surface area contributed by atoms with Crippen molar-refractivity contribution in [3.63, 3.8) is 0 Å². The van der Waals surface area contributed by atoms with Crippen molar-refractivity contribution < 1.29 is 24.0 Å². The number of aromatic nitrogens is 1. The van der Waals surface area contributed by atoms with Gasteiger partial charge in [-0.15, -0.1) is 0 Å². The van der Waals surface area contributed by atoms with E-state index in [-0.39, 0.29) is 21.6 Å². The molecule has 2 aromatic carbocycles. The molecule has 0 aliphatic heterocycles. The fourth-order valence-corrected chi connectivity index (χ4v) is 3.67. The fourth-order valence-electron chi connectivity index (χ4n) is 2.30. The lowest BCUT2D eigenvalue weighted by molar-refractivity contribution is -0.384. The largest absolute Gasteiger partial charge is 0.477 e. The third kappa shape index (κ3) is 5.35. The molecule has 1 N–H and O–H groups in total. The lowest BCUT2D eigenvalue weighted by atomic mass is 10.3. The van der Waals surface area contributed by atoms with Crippen LogP contribution >= 0.6 is 34.5 Å². The van der Waals surface area contributed by atoms with Gasteiger partial charge in [0.15, 0.2) is 17.8 Å². The van der Waals surface area contributed by atoms with E-state index in [1.54, 1.807) is 6.07 Å². The second-order valence-corrected chi connectivity index (χ2v) is 7.79. The molecule has 0 saturated carbocycles. The summed E-state index contributed by atoms with van der Waals surface area (Å²) in [4.78, 5) is 38.6. The molecule has 0 aliphatic carbocycles. The molecule has 0 bridgehead atoms. The minimum Gasteiger partial charge on any atom is -0.477 e. The van der Waals surface area contributed by atoms with Gasteiger partial charge >= 0.3 is 5.97 Å². The summed E-state index contributed by atoms with van der Waals surface area (Å²) < 4.78 is 10.9. The van der Waals surface area contributed by atoms with E-state index >= 15 is 0 Å². The zero-order chi connectivity index (χ0) is 21.8. The Bertz CT molecular complexity index is 1140. The van der Waals surface area contributed by atoms with Crippen molar-refractivity contribution in [3.05, 3.63) is 56.6 Å². The van der Waals surface area contributed by atoms with E-state index in [4.69, 9.17) is 32.7 Å². The number of nitro benzene ring substituents is 1. The summed E-state index contributed by atoms with van der Waals surface area (Å²) in [7, 11) is 0. The molecule has 3 aromatic rings. The Labute approximate surface area is 183 Å². The highest BCUT2D eigenvalue weighted by Crippen LogP contribution is 2.30. The quantitative estimate of drug-likeness (QED) is 0.307. The number of ether oxygens (including phenoxy) is 2. The Morgan fingerprint density at radius 3 is 2.73 bits per heavy atom. The van der Waals surface area contributed by atoms with Crippen LogP contribution in [0.1, 0.15) is 6.92 Å². The van der Waals surface area contributed by atoms with Gasteiger partial charge in [0.25, 0.3) is 11.6 Å². The van der Waals surface area contributed by atoms with Gasteiger partial charge in [-0.25, -0.2) is 9.78 Å².